The molecule has 0 spiro atoms. The summed E-state index contributed by atoms with van der Waals surface area (Å²) in [4.78, 5) is 0. The summed E-state index contributed by atoms with van der Waals surface area (Å²) < 4.78 is 5.75. The molecule has 0 saturated heterocycles. The lowest BCUT2D eigenvalue weighted by Gasteiger charge is -2.18. The van der Waals surface area contributed by atoms with E-state index < -0.39 is 6.10 Å². The maximum Gasteiger partial charge on any atom is 0.125 e. The highest BCUT2D eigenvalue weighted by Crippen LogP contribution is 2.22. The first-order chi connectivity index (χ1) is 9.54. The van der Waals surface area contributed by atoms with E-state index in [2.05, 4.69) is 18.5 Å². The standard InChI is InChI=1S/C16H27NO2S/c1-12-6-5-7-13(2)16(12)19-11-15(18)10-17-14(3)8-9-20-4/h5-7,14-15,17-18H,8-11H2,1-4H3. The normalized spacial score (nSPS) is 14.1. The quantitative estimate of drug-likeness (QED) is 0.735. The summed E-state index contributed by atoms with van der Waals surface area (Å²) in [6.45, 7) is 7.10. The lowest BCUT2D eigenvalue weighted by Crippen LogP contribution is -2.36. The summed E-state index contributed by atoms with van der Waals surface area (Å²) in [5.74, 6) is 2.03. The van der Waals surface area contributed by atoms with Gasteiger partial charge in [-0.15, -0.1) is 0 Å². The smallest absolute Gasteiger partial charge is 0.125 e. The summed E-state index contributed by atoms with van der Waals surface area (Å²) in [6, 6.07) is 6.50. The summed E-state index contributed by atoms with van der Waals surface area (Å²) in [5, 5.41) is 13.3. The van der Waals surface area contributed by atoms with Crippen molar-refractivity contribution in [1.82, 2.24) is 5.32 Å². The zero-order valence-corrected chi connectivity index (χ0v) is 13.8. The molecule has 1 aromatic rings. The van der Waals surface area contributed by atoms with Crippen molar-refractivity contribution < 1.29 is 9.84 Å². The molecule has 20 heavy (non-hydrogen) atoms. The molecule has 0 bridgehead atoms. The van der Waals surface area contributed by atoms with Gasteiger partial charge in [0.05, 0.1) is 0 Å². The SMILES string of the molecule is CSCCC(C)NCC(O)COc1c(C)cccc1C. The molecule has 4 heteroatoms. The van der Waals surface area contributed by atoms with Gasteiger partial charge in [0.25, 0.3) is 0 Å². The Labute approximate surface area is 127 Å². The summed E-state index contributed by atoms with van der Waals surface area (Å²) >= 11 is 1.85. The number of thioether (sulfide) groups is 1. The number of nitrogens with one attached hydrogen (secondary N) is 1. The van der Waals surface area contributed by atoms with Crippen molar-refractivity contribution in [1.29, 1.82) is 0 Å². The van der Waals surface area contributed by atoms with Gasteiger partial charge in [0.2, 0.25) is 0 Å². The monoisotopic (exact) mass is 297 g/mol. The zero-order valence-electron chi connectivity index (χ0n) is 13.0. The summed E-state index contributed by atoms with van der Waals surface area (Å²) in [7, 11) is 0. The van der Waals surface area contributed by atoms with E-state index in [-0.39, 0.29) is 0 Å². The molecular weight excluding hydrogens is 270 g/mol. The van der Waals surface area contributed by atoms with Gasteiger partial charge in [-0.2, -0.15) is 11.8 Å². The molecule has 0 aliphatic rings. The number of hydrogen-bond donors (Lipinski definition) is 2. The predicted octanol–water partition coefficient (Wildman–Crippen LogP) is 2.77. The second kappa shape index (κ2) is 9.27. The van der Waals surface area contributed by atoms with Crippen molar-refractivity contribution in [2.24, 2.45) is 0 Å². The lowest BCUT2D eigenvalue weighted by atomic mass is 10.1. The lowest BCUT2D eigenvalue weighted by molar-refractivity contribution is 0.103. The average Bonchev–Trinajstić information content (AvgIpc) is 2.42. The highest BCUT2D eigenvalue weighted by atomic mass is 32.2. The van der Waals surface area contributed by atoms with Crippen molar-refractivity contribution in [2.45, 2.75) is 39.3 Å². The van der Waals surface area contributed by atoms with Crippen LogP contribution in [0, 0.1) is 13.8 Å². The number of ether oxygens (including phenoxy) is 1. The molecule has 0 fully saturated rings. The maximum atomic E-state index is 9.97. The van der Waals surface area contributed by atoms with Gasteiger partial charge in [-0.05, 0) is 50.3 Å². The van der Waals surface area contributed by atoms with E-state index in [1.54, 1.807) is 0 Å². The van der Waals surface area contributed by atoms with Crippen molar-refractivity contribution in [3.63, 3.8) is 0 Å². The summed E-state index contributed by atoms with van der Waals surface area (Å²) in [6.07, 6.45) is 2.75. The van der Waals surface area contributed by atoms with Crippen LogP contribution in [0.2, 0.25) is 0 Å². The molecule has 2 atom stereocenters. The topological polar surface area (TPSA) is 41.5 Å². The highest BCUT2D eigenvalue weighted by molar-refractivity contribution is 7.98. The second-order valence-corrected chi connectivity index (χ2v) is 6.26. The fraction of sp³-hybridized carbons (Fsp3) is 0.625. The third kappa shape index (κ3) is 6.16. The Morgan fingerprint density at radius 1 is 1.30 bits per heavy atom. The van der Waals surface area contributed by atoms with Crippen molar-refractivity contribution in [3.05, 3.63) is 29.3 Å². The van der Waals surface area contributed by atoms with E-state index in [1.807, 2.05) is 43.8 Å². The minimum atomic E-state index is -0.481. The number of rotatable bonds is 9. The third-order valence-electron chi connectivity index (χ3n) is 3.29. The van der Waals surface area contributed by atoms with E-state index in [4.69, 9.17) is 4.74 Å². The van der Waals surface area contributed by atoms with Crippen molar-refractivity contribution in [3.8, 4) is 5.75 Å². The fourth-order valence-corrected chi connectivity index (χ4v) is 2.59. The van der Waals surface area contributed by atoms with Crippen LogP contribution in [0.1, 0.15) is 24.5 Å². The van der Waals surface area contributed by atoms with Gasteiger partial charge >= 0.3 is 0 Å². The van der Waals surface area contributed by atoms with Crippen LogP contribution in [-0.2, 0) is 0 Å². The van der Waals surface area contributed by atoms with Crippen molar-refractivity contribution in [2.75, 3.05) is 25.2 Å². The zero-order chi connectivity index (χ0) is 15.0. The van der Waals surface area contributed by atoms with E-state index >= 15 is 0 Å². The Kier molecular flexibility index (Phi) is 8.04. The number of para-hydroxylation sites is 1. The van der Waals surface area contributed by atoms with Gasteiger partial charge < -0.3 is 15.2 Å². The molecule has 0 amide bonds. The number of aliphatic hydroxyl groups excluding tert-OH is 1. The van der Waals surface area contributed by atoms with Crippen LogP contribution in [0.4, 0.5) is 0 Å². The van der Waals surface area contributed by atoms with Crippen LogP contribution >= 0.6 is 11.8 Å². The van der Waals surface area contributed by atoms with Crippen LogP contribution in [0.3, 0.4) is 0 Å². The number of aliphatic hydroxyl groups is 1. The fourth-order valence-electron chi connectivity index (χ4n) is 2.00. The van der Waals surface area contributed by atoms with Crippen LogP contribution in [0.25, 0.3) is 0 Å². The molecule has 0 aromatic heterocycles. The minimum absolute atomic E-state index is 0.327. The third-order valence-corrected chi connectivity index (χ3v) is 3.93. The van der Waals surface area contributed by atoms with Gasteiger partial charge in [-0.3, -0.25) is 0 Å². The van der Waals surface area contributed by atoms with E-state index in [1.165, 1.54) is 0 Å². The van der Waals surface area contributed by atoms with Gasteiger partial charge in [0, 0.05) is 12.6 Å². The van der Waals surface area contributed by atoms with Crippen molar-refractivity contribution >= 4 is 11.8 Å². The number of aryl methyl sites for hydroxylation is 2. The van der Waals surface area contributed by atoms with Crippen LogP contribution in [0.15, 0.2) is 18.2 Å². The van der Waals surface area contributed by atoms with Gasteiger partial charge in [0.15, 0.2) is 0 Å². The number of hydrogen-bond acceptors (Lipinski definition) is 4. The van der Waals surface area contributed by atoms with E-state index in [9.17, 15) is 5.11 Å². The van der Waals surface area contributed by atoms with Gasteiger partial charge in [-0.1, -0.05) is 18.2 Å². The Morgan fingerprint density at radius 2 is 1.95 bits per heavy atom. The largest absolute Gasteiger partial charge is 0.490 e. The molecule has 2 N–H and O–H groups in total. The van der Waals surface area contributed by atoms with Gasteiger partial charge in [-0.25, -0.2) is 0 Å². The maximum absolute atomic E-state index is 9.97. The first kappa shape index (κ1) is 17.3. The molecule has 1 rings (SSSR count). The summed E-state index contributed by atoms with van der Waals surface area (Å²) in [5.41, 5.74) is 2.22. The first-order valence-corrected chi connectivity index (χ1v) is 8.53. The molecule has 3 nitrogen and oxygen atoms in total. The highest BCUT2D eigenvalue weighted by Gasteiger charge is 2.10. The first-order valence-electron chi connectivity index (χ1n) is 7.14. The Balaban J connectivity index is 2.31. The van der Waals surface area contributed by atoms with E-state index in [0.29, 0.717) is 19.2 Å². The Morgan fingerprint density at radius 3 is 2.55 bits per heavy atom. The molecule has 1 aromatic carbocycles. The van der Waals surface area contributed by atoms with Crippen LogP contribution in [-0.4, -0.2) is 42.4 Å². The predicted molar refractivity (Wildman–Crippen MR) is 87.9 cm³/mol. The van der Waals surface area contributed by atoms with Gasteiger partial charge in [0.1, 0.15) is 18.5 Å². The Bertz CT molecular complexity index is 378. The average molecular weight is 297 g/mol. The number of benzene rings is 1. The molecule has 2 unspecified atom stereocenters. The molecule has 114 valence electrons. The van der Waals surface area contributed by atoms with Crippen LogP contribution in [0.5, 0.6) is 5.75 Å². The molecule has 0 heterocycles. The molecule has 0 radical (unpaired) electrons. The van der Waals surface area contributed by atoms with Crippen LogP contribution < -0.4 is 10.1 Å². The molecule has 0 aliphatic carbocycles. The second-order valence-electron chi connectivity index (χ2n) is 5.28. The minimum Gasteiger partial charge on any atom is -0.490 e. The molecular formula is C16H27NO2S. The molecule has 0 saturated carbocycles. The van der Waals surface area contributed by atoms with E-state index in [0.717, 1.165) is 29.1 Å². The Hall–Kier alpha value is -0.710. The molecule has 0 aliphatic heterocycles.